The van der Waals surface area contributed by atoms with Gasteiger partial charge in [0.25, 0.3) is 0 Å². The summed E-state index contributed by atoms with van der Waals surface area (Å²) in [5.74, 6) is -0.691. The maximum atomic E-state index is 13.2. The second-order valence-corrected chi connectivity index (χ2v) is 25.0. The number of aliphatic hydroxyl groups excluding tert-OH is 7. The molecule has 1 heterocycles. The fourth-order valence-corrected chi connectivity index (χ4v) is 11.7. The number of carbonyl (C=O) groups excluding carboxylic acids is 1. The van der Waals surface area contributed by atoms with Crippen molar-refractivity contribution >= 4 is 5.91 Å². The average molecular weight is 1140 g/mol. The molecule has 8 N–H and O–H groups in total. The van der Waals surface area contributed by atoms with Gasteiger partial charge < -0.3 is 50.5 Å². The van der Waals surface area contributed by atoms with Crippen LogP contribution in [-0.4, -0.2) is 110 Å². The van der Waals surface area contributed by atoms with Crippen LogP contribution in [0.25, 0.3) is 0 Å². The lowest BCUT2D eigenvalue weighted by Gasteiger charge is -2.40. The summed E-state index contributed by atoms with van der Waals surface area (Å²) < 4.78 is 11.2. The third-order valence-electron chi connectivity index (χ3n) is 17.3. The van der Waals surface area contributed by atoms with E-state index in [0.29, 0.717) is 19.3 Å². The van der Waals surface area contributed by atoms with E-state index in [0.717, 1.165) is 38.5 Å². The Labute approximate surface area is 493 Å². The Morgan fingerprint density at radius 1 is 0.425 bits per heavy atom. The largest absolute Gasteiger partial charge is 0.394 e. The smallest absolute Gasteiger partial charge is 0.249 e. The normalized spacial score (nSPS) is 19.2. The van der Waals surface area contributed by atoms with Gasteiger partial charge >= 0.3 is 0 Å². The molecule has 476 valence electrons. The number of aliphatic hydroxyl groups is 7. The quantitative estimate of drug-likeness (QED) is 0.0215. The highest BCUT2D eigenvalue weighted by atomic mass is 16.7. The molecule has 0 radical (unpaired) electrons. The van der Waals surface area contributed by atoms with Gasteiger partial charge in [0.15, 0.2) is 6.29 Å². The summed E-state index contributed by atoms with van der Waals surface area (Å²) >= 11 is 0. The highest BCUT2D eigenvalue weighted by Gasteiger charge is 2.44. The van der Waals surface area contributed by atoms with Crippen molar-refractivity contribution in [3.63, 3.8) is 0 Å². The van der Waals surface area contributed by atoms with Crippen LogP contribution in [-0.2, 0) is 14.3 Å². The number of unbranched alkanes of at least 4 members (excludes halogenated alkanes) is 48. The molecule has 1 fully saturated rings. The molecule has 0 aliphatic carbocycles. The Hall–Kier alpha value is -1.15. The van der Waals surface area contributed by atoms with Crippen LogP contribution in [0.5, 0.6) is 0 Å². The minimum atomic E-state index is -1.66. The number of allylic oxidation sites excluding steroid dienone is 2. The molecule has 0 aromatic rings. The van der Waals surface area contributed by atoms with Gasteiger partial charge in [0.2, 0.25) is 5.91 Å². The van der Waals surface area contributed by atoms with Crippen molar-refractivity contribution in [1.82, 2.24) is 5.32 Å². The van der Waals surface area contributed by atoms with Gasteiger partial charge in [-0.1, -0.05) is 328 Å². The third kappa shape index (κ3) is 45.2. The van der Waals surface area contributed by atoms with Crippen LogP contribution in [0.1, 0.15) is 354 Å². The van der Waals surface area contributed by atoms with Crippen LogP contribution in [0.4, 0.5) is 0 Å². The van der Waals surface area contributed by atoms with E-state index in [1.807, 2.05) is 0 Å². The molecule has 1 aliphatic rings. The maximum Gasteiger partial charge on any atom is 0.249 e. The molecule has 0 saturated carbocycles. The van der Waals surface area contributed by atoms with Crippen molar-refractivity contribution in [2.45, 2.75) is 409 Å². The lowest BCUT2D eigenvalue weighted by molar-refractivity contribution is -0.303. The van der Waals surface area contributed by atoms with Crippen molar-refractivity contribution in [2.24, 2.45) is 0 Å². The summed E-state index contributed by atoms with van der Waals surface area (Å²) in [5, 5.41) is 76.5. The first-order chi connectivity index (χ1) is 39.2. The number of rotatable bonds is 62. The molecule has 11 heteroatoms. The Morgan fingerprint density at radius 3 is 1.05 bits per heavy atom. The summed E-state index contributed by atoms with van der Waals surface area (Å²) in [4.78, 5) is 13.2. The highest BCUT2D eigenvalue weighted by molar-refractivity contribution is 5.80. The summed E-state index contributed by atoms with van der Waals surface area (Å²) in [7, 11) is 0. The van der Waals surface area contributed by atoms with Gasteiger partial charge in [-0.15, -0.1) is 0 Å². The van der Waals surface area contributed by atoms with Crippen molar-refractivity contribution in [1.29, 1.82) is 0 Å². The number of amides is 1. The van der Waals surface area contributed by atoms with Gasteiger partial charge in [0.1, 0.15) is 36.6 Å². The van der Waals surface area contributed by atoms with E-state index < -0.39 is 74.2 Å². The Bertz CT molecular complexity index is 1310. The molecule has 0 spiro atoms. The van der Waals surface area contributed by atoms with Crippen molar-refractivity contribution in [3.8, 4) is 0 Å². The molecule has 9 unspecified atom stereocenters. The molecule has 11 nitrogen and oxygen atoms in total. The zero-order valence-electron chi connectivity index (χ0n) is 52.6. The molecule has 1 rings (SSSR count). The SMILES string of the molecule is CCCCCCCCCCCCCC/C=C\CCCCCCCCCCCCC(O)C(=O)NC(COC1OC(CO)C(O)C(O)C1O)C(O)C(O)CCCCCCCCCCCCCCCCCCCCCCCCCCCCC. The van der Waals surface area contributed by atoms with Crippen molar-refractivity contribution in [3.05, 3.63) is 12.2 Å². The second kappa shape index (κ2) is 58.2. The average Bonchev–Trinajstić information content (AvgIpc) is 3.48. The molecule has 0 aromatic carbocycles. The predicted octanol–water partition coefficient (Wildman–Crippen LogP) is 16.6. The van der Waals surface area contributed by atoms with Crippen molar-refractivity contribution < 1.29 is 50.0 Å². The van der Waals surface area contributed by atoms with Crippen LogP contribution in [0, 0.1) is 0 Å². The number of carbonyl (C=O) groups is 1. The molecule has 9 atom stereocenters. The van der Waals surface area contributed by atoms with Crippen LogP contribution in [0.15, 0.2) is 12.2 Å². The monoisotopic (exact) mass is 1140 g/mol. The molecular formula is C69H135NO10. The van der Waals surface area contributed by atoms with Gasteiger partial charge in [-0.05, 0) is 38.5 Å². The summed E-state index contributed by atoms with van der Waals surface area (Å²) in [6.07, 6.45) is 60.0. The Morgan fingerprint density at radius 2 is 0.725 bits per heavy atom. The molecule has 1 aliphatic heterocycles. The van der Waals surface area contributed by atoms with Gasteiger partial charge in [-0.3, -0.25) is 4.79 Å². The van der Waals surface area contributed by atoms with E-state index >= 15 is 0 Å². The number of ether oxygens (including phenoxy) is 2. The topological polar surface area (TPSA) is 189 Å². The zero-order chi connectivity index (χ0) is 58.2. The van der Waals surface area contributed by atoms with Crippen LogP contribution >= 0.6 is 0 Å². The first-order valence-corrected chi connectivity index (χ1v) is 35.1. The van der Waals surface area contributed by atoms with E-state index in [9.17, 15) is 40.5 Å². The Balaban J connectivity index is 2.20. The molecule has 0 aromatic heterocycles. The fraction of sp³-hybridized carbons (Fsp3) is 0.957. The Kier molecular flexibility index (Phi) is 56.0. The molecule has 1 amide bonds. The van der Waals surface area contributed by atoms with E-state index in [4.69, 9.17) is 9.47 Å². The van der Waals surface area contributed by atoms with Crippen LogP contribution in [0.2, 0.25) is 0 Å². The van der Waals surface area contributed by atoms with E-state index in [1.165, 1.54) is 276 Å². The molecule has 1 saturated heterocycles. The highest BCUT2D eigenvalue weighted by Crippen LogP contribution is 2.24. The van der Waals surface area contributed by atoms with Crippen LogP contribution < -0.4 is 5.32 Å². The first-order valence-electron chi connectivity index (χ1n) is 35.1. The third-order valence-corrected chi connectivity index (χ3v) is 17.3. The van der Waals surface area contributed by atoms with Gasteiger partial charge in [-0.25, -0.2) is 0 Å². The molecule has 80 heavy (non-hydrogen) atoms. The number of nitrogens with one attached hydrogen (secondary N) is 1. The first kappa shape index (κ1) is 76.9. The van der Waals surface area contributed by atoms with Gasteiger partial charge in [-0.2, -0.15) is 0 Å². The second-order valence-electron chi connectivity index (χ2n) is 25.0. The van der Waals surface area contributed by atoms with Crippen LogP contribution in [0.3, 0.4) is 0 Å². The van der Waals surface area contributed by atoms with E-state index in [2.05, 4.69) is 31.3 Å². The lowest BCUT2D eigenvalue weighted by Crippen LogP contribution is -2.60. The summed E-state index contributed by atoms with van der Waals surface area (Å²) in [6, 6.07) is -1.17. The van der Waals surface area contributed by atoms with Gasteiger partial charge in [0.05, 0.1) is 25.4 Å². The number of hydrogen-bond acceptors (Lipinski definition) is 10. The minimum Gasteiger partial charge on any atom is -0.394 e. The standard InChI is InChI=1S/C69H135NO10/c1-3-5-7-9-11-13-15-17-19-21-23-25-27-29-31-33-34-36-38-40-42-44-46-48-50-52-54-56-61(72)64(74)60(59-79-69-67(77)66(76)65(75)63(58-71)80-69)70-68(78)62(73)57-55-53-51-49-47-45-43-41-39-37-35-32-30-28-26-24-22-20-18-16-14-12-10-8-6-4-2/h30,32,60-67,69,71-77H,3-29,31,33-59H2,1-2H3,(H,70,78)/b32-30-. The van der Waals surface area contributed by atoms with Gasteiger partial charge in [0, 0.05) is 0 Å². The van der Waals surface area contributed by atoms with Crippen molar-refractivity contribution in [2.75, 3.05) is 13.2 Å². The minimum absolute atomic E-state index is 0.262. The lowest BCUT2D eigenvalue weighted by atomic mass is 9.98. The summed E-state index contributed by atoms with van der Waals surface area (Å²) in [6.45, 7) is 3.52. The molecule has 0 bridgehead atoms. The summed E-state index contributed by atoms with van der Waals surface area (Å²) in [5.41, 5.74) is 0. The zero-order valence-corrected chi connectivity index (χ0v) is 52.6. The van der Waals surface area contributed by atoms with E-state index in [-0.39, 0.29) is 6.42 Å². The molecular weight excluding hydrogens is 1000 g/mol. The van der Waals surface area contributed by atoms with E-state index in [1.54, 1.807) is 0 Å². The predicted molar refractivity (Wildman–Crippen MR) is 335 cm³/mol. The maximum absolute atomic E-state index is 13.2. The number of hydrogen-bond donors (Lipinski definition) is 8. The fourth-order valence-electron chi connectivity index (χ4n) is 11.7.